The first-order chi connectivity index (χ1) is 10.6. The van der Waals surface area contributed by atoms with Gasteiger partial charge in [-0.25, -0.2) is 0 Å². The van der Waals surface area contributed by atoms with Crippen LogP contribution < -0.4 is 15.5 Å². The van der Waals surface area contributed by atoms with Gasteiger partial charge in [0.25, 0.3) is 0 Å². The van der Waals surface area contributed by atoms with Crippen LogP contribution in [0, 0.1) is 0 Å². The van der Waals surface area contributed by atoms with Crippen LogP contribution in [0.15, 0.2) is 24.3 Å². The molecule has 0 aromatic heterocycles. The molecule has 1 aromatic rings. The summed E-state index contributed by atoms with van der Waals surface area (Å²) in [6.07, 6.45) is 0.421. The van der Waals surface area contributed by atoms with Gasteiger partial charge >= 0.3 is 0 Å². The van der Waals surface area contributed by atoms with Gasteiger partial charge in [0.05, 0.1) is 0 Å². The molecule has 0 radical (unpaired) electrons. The Hall–Kier alpha value is -1.66. The quantitative estimate of drug-likeness (QED) is 0.832. The number of likely N-dealkylation sites (N-methyl/N-ethyl adjacent to an activating group) is 1. The first-order valence-corrected chi connectivity index (χ1v) is 8.21. The summed E-state index contributed by atoms with van der Waals surface area (Å²) in [4.78, 5) is 16.1. The van der Waals surface area contributed by atoms with Gasteiger partial charge in [0, 0.05) is 44.0 Å². The molecular formula is C16H24N4OS. The minimum Gasteiger partial charge on any atom is -0.369 e. The van der Waals surface area contributed by atoms with Crippen molar-refractivity contribution in [3.05, 3.63) is 24.3 Å². The highest BCUT2D eigenvalue weighted by Crippen LogP contribution is 2.19. The minimum atomic E-state index is -0.0806. The molecule has 1 aliphatic heterocycles. The van der Waals surface area contributed by atoms with Gasteiger partial charge in [-0.3, -0.25) is 4.79 Å². The fourth-order valence-corrected chi connectivity index (χ4v) is 2.69. The molecule has 1 amide bonds. The van der Waals surface area contributed by atoms with Crippen molar-refractivity contribution in [3.8, 4) is 0 Å². The van der Waals surface area contributed by atoms with Crippen molar-refractivity contribution in [3.63, 3.8) is 0 Å². The number of carbonyl (C=O) groups excluding carboxylic acids is 1. The molecule has 0 bridgehead atoms. The van der Waals surface area contributed by atoms with Gasteiger partial charge in [-0.15, -0.1) is 0 Å². The van der Waals surface area contributed by atoms with Crippen molar-refractivity contribution < 1.29 is 4.79 Å². The number of rotatable bonds is 4. The van der Waals surface area contributed by atoms with Crippen LogP contribution in [0.4, 0.5) is 11.4 Å². The molecule has 1 heterocycles. The predicted octanol–water partition coefficient (Wildman–Crippen LogP) is 2.05. The number of nitrogens with one attached hydrogen (secondary N) is 2. The normalized spacial score (nSPS) is 15.5. The van der Waals surface area contributed by atoms with E-state index < -0.39 is 0 Å². The van der Waals surface area contributed by atoms with Crippen LogP contribution in [0.25, 0.3) is 0 Å². The van der Waals surface area contributed by atoms with Gasteiger partial charge in [0.15, 0.2) is 5.11 Å². The van der Waals surface area contributed by atoms with E-state index in [-0.39, 0.29) is 5.91 Å². The molecule has 1 fully saturated rings. The van der Waals surface area contributed by atoms with Crippen molar-refractivity contribution >= 4 is 34.6 Å². The molecule has 6 heteroatoms. The van der Waals surface area contributed by atoms with Gasteiger partial charge in [-0.05, 0) is 43.0 Å². The predicted molar refractivity (Wildman–Crippen MR) is 95.4 cm³/mol. The van der Waals surface area contributed by atoms with Gasteiger partial charge in [-0.2, -0.15) is 0 Å². The van der Waals surface area contributed by atoms with Crippen molar-refractivity contribution in [2.24, 2.45) is 0 Å². The fraction of sp³-hybridized carbons (Fsp3) is 0.500. The Labute approximate surface area is 137 Å². The molecule has 2 N–H and O–H groups in total. The molecule has 0 aliphatic carbocycles. The Morgan fingerprint density at radius 3 is 2.32 bits per heavy atom. The van der Waals surface area contributed by atoms with E-state index in [4.69, 9.17) is 12.2 Å². The van der Waals surface area contributed by atoms with Crippen molar-refractivity contribution in [2.75, 3.05) is 42.9 Å². The topological polar surface area (TPSA) is 47.6 Å². The summed E-state index contributed by atoms with van der Waals surface area (Å²) in [6, 6.07) is 8.17. The SMILES string of the molecule is CCC(=O)NC(=S)Nc1ccc(N2CCN(CC)CC2)cc1. The van der Waals surface area contributed by atoms with Gasteiger partial charge in [0.1, 0.15) is 0 Å². The van der Waals surface area contributed by atoms with E-state index in [0.717, 1.165) is 38.4 Å². The number of benzene rings is 1. The monoisotopic (exact) mass is 320 g/mol. The number of amides is 1. The summed E-state index contributed by atoms with van der Waals surface area (Å²) < 4.78 is 0. The van der Waals surface area contributed by atoms with Gasteiger partial charge in [-0.1, -0.05) is 13.8 Å². The molecule has 2 rings (SSSR count). The lowest BCUT2D eigenvalue weighted by Gasteiger charge is -2.35. The fourth-order valence-electron chi connectivity index (χ4n) is 2.46. The molecule has 22 heavy (non-hydrogen) atoms. The highest BCUT2D eigenvalue weighted by Gasteiger charge is 2.15. The summed E-state index contributed by atoms with van der Waals surface area (Å²) in [6.45, 7) is 9.48. The third-order valence-electron chi connectivity index (χ3n) is 3.88. The van der Waals surface area contributed by atoms with E-state index in [2.05, 4.69) is 39.5 Å². The second kappa shape index (κ2) is 8.10. The second-order valence-electron chi connectivity index (χ2n) is 5.32. The number of piperazine rings is 1. The number of hydrogen-bond donors (Lipinski definition) is 2. The zero-order chi connectivity index (χ0) is 15.9. The lowest BCUT2D eigenvalue weighted by atomic mass is 10.2. The highest BCUT2D eigenvalue weighted by atomic mass is 32.1. The number of nitrogens with zero attached hydrogens (tertiary/aromatic N) is 2. The Kier molecular flexibility index (Phi) is 6.15. The Morgan fingerprint density at radius 1 is 1.14 bits per heavy atom. The Balaban J connectivity index is 1.88. The van der Waals surface area contributed by atoms with Crippen LogP contribution in [0.2, 0.25) is 0 Å². The van der Waals surface area contributed by atoms with Crippen molar-refractivity contribution in [1.29, 1.82) is 0 Å². The minimum absolute atomic E-state index is 0.0806. The van der Waals surface area contributed by atoms with E-state index in [1.54, 1.807) is 6.92 Å². The van der Waals surface area contributed by atoms with Crippen molar-refractivity contribution in [1.82, 2.24) is 10.2 Å². The number of thiocarbonyl (C=S) groups is 1. The molecule has 1 saturated heterocycles. The third kappa shape index (κ3) is 4.68. The average molecular weight is 320 g/mol. The van der Waals surface area contributed by atoms with Crippen LogP contribution in [-0.4, -0.2) is 48.6 Å². The van der Waals surface area contributed by atoms with Crippen molar-refractivity contribution in [2.45, 2.75) is 20.3 Å². The lowest BCUT2D eigenvalue weighted by molar-refractivity contribution is -0.119. The number of anilines is 2. The molecule has 1 aliphatic rings. The standard InChI is InChI=1S/C16H24N4OS/c1-3-15(21)18-16(22)17-13-5-7-14(8-6-13)20-11-9-19(4-2)10-12-20/h5-8H,3-4,9-12H2,1-2H3,(H2,17,18,21,22). The molecule has 0 unspecified atom stereocenters. The summed E-state index contributed by atoms with van der Waals surface area (Å²) in [5, 5.41) is 6.00. The van der Waals surface area contributed by atoms with Crippen LogP contribution >= 0.6 is 12.2 Å². The summed E-state index contributed by atoms with van der Waals surface area (Å²) >= 11 is 5.10. The molecular weight excluding hydrogens is 296 g/mol. The number of carbonyl (C=O) groups is 1. The van der Waals surface area contributed by atoms with Crippen LogP contribution in [-0.2, 0) is 4.79 Å². The molecule has 0 spiro atoms. The van der Waals surface area contributed by atoms with Crippen LogP contribution in [0.1, 0.15) is 20.3 Å². The van der Waals surface area contributed by atoms with Gasteiger partial charge < -0.3 is 20.4 Å². The molecule has 1 aromatic carbocycles. The second-order valence-corrected chi connectivity index (χ2v) is 5.73. The van der Waals surface area contributed by atoms with E-state index in [1.807, 2.05) is 12.1 Å². The summed E-state index contributed by atoms with van der Waals surface area (Å²) in [7, 11) is 0. The largest absolute Gasteiger partial charge is 0.369 e. The molecule has 0 atom stereocenters. The van der Waals surface area contributed by atoms with Gasteiger partial charge in [0.2, 0.25) is 5.91 Å². The maximum Gasteiger partial charge on any atom is 0.225 e. The Morgan fingerprint density at radius 2 is 1.77 bits per heavy atom. The smallest absolute Gasteiger partial charge is 0.225 e. The van der Waals surface area contributed by atoms with Crippen LogP contribution in [0.5, 0.6) is 0 Å². The maximum absolute atomic E-state index is 11.3. The Bertz CT molecular complexity index is 509. The first kappa shape index (κ1) is 16.7. The van der Waals surface area contributed by atoms with E-state index in [1.165, 1.54) is 5.69 Å². The third-order valence-corrected chi connectivity index (χ3v) is 4.09. The molecule has 120 valence electrons. The van der Waals surface area contributed by atoms with Crippen LogP contribution in [0.3, 0.4) is 0 Å². The number of hydrogen-bond acceptors (Lipinski definition) is 4. The molecule has 5 nitrogen and oxygen atoms in total. The summed E-state index contributed by atoms with van der Waals surface area (Å²) in [5.74, 6) is -0.0806. The average Bonchev–Trinajstić information content (AvgIpc) is 2.55. The van der Waals surface area contributed by atoms with E-state index >= 15 is 0 Å². The van der Waals surface area contributed by atoms with E-state index in [9.17, 15) is 4.79 Å². The first-order valence-electron chi connectivity index (χ1n) is 7.80. The highest BCUT2D eigenvalue weighted by molar-refractivity contribution is 7.80. The zero-order valence-electron chi connectivity index (χ0n) is 13.3. The lowest BCUT2D eigenvalue weighted by Crippen LogP contribution is -2.46. The van der Waals surface area contributed by atoms with E-state index in [0.29, 0.717) is 11.5 Å². The summed E-state index contributed by atoms with van der Waals surface area (Å²) in [5.41, 5.74) is 2.11. The maximum atomic E-state index is 11.3. The zero-order valence-corrected chi connectivity index (χ0v) is 14.1. The molecule has 0 saturated carbocycles.